The summed E-state index contributed by atoms with van der Waals surface area (Å²) >= 11 is 0. The number of carbonyl (C=O) groups excluding carboxylic acids is 1. The highest BCUT2D eigenvalue weighted by atomic mass is 16.5. The summed E-state index contributed by atoms with van der Waals surface area (Å²) in [4.78, 5) is 28.6. The van der Waals surface area contributed by atoms with Gasteiger partial charge in [0.1, 0.15) is 11.4 Å². The van der Waals surface area contributed by atoms with Crippen LogP contribution in [0.2, 0.25) is 0 Å². The molecule has 5 heteroatoms. The lowest BCUT2D eigenvalue weighted by Gasteiger charge is -2.25. The number of benzene rings is 1. The molecular weight excluding hydrogens is 280 g/mol. The van der Waals surface area contributed by atoms with Crippen LogP contribution in [-0.2, 0) is 0 Å². The van der Waals surface area contributed by atoms with E-state index in [0.29, 0.717) is 11.4 Å². The third kappa shape index (κ3) is 3.36. The molecule has 2 rings (SSSR count). The lowest BCUT2D eigenvalue weighted by Crippen LogP contribution is -2.31. The van der Waals surface area contributed by atoms with Gasteiger partial charge in [0.25, 0.3) is 5.91 Å². The van der Waals surface area contributed by atoms with Gasteiger partial charge in [0.2, 0.25) is 0 Å². The summed E-state index contributed by atoms with van der Waals surface area (Å²) in [5.41, 5.74) is 1.74. The summed E-state index contributed by atoms with van der Waals surface area (Å²) in [6.07, 6.45) is 0. The third-order valence-corrected chi connectivity index (χ3v) is 3.69. The number of rotatable bonds is 4. The molecule has 0 aliphatic heterocycles. The molecule has 0 saturated carbocycles. The number of aromatic amines is 1. The zero-order valence-corrected chi connectivity index (χ0v) is 13.2. The highest BCUT2D eigenvalue weighted by Gasteiger charge is 2.20. The minimum atomic E-state index is -0.226. The van der Waals surface area contributed by atoms with Gasteiger partial charge in [0.15, 0.2) is 5.43 Å². The fraction of sp³-hybridized carbons (Fsp3) is 0.294. The van der Waals surface area contributed by atoms with Gasteiger partial charge in [-0.15, -0.1) is 0 Å². The van der Waals surface area contributed by atoms with E-state index in [0.717, 1.165) is 11.3 Å². The molecule has 1 aromatic carbocycles. The maximum Gasteiger partial charge on any atom is 0.270 e. The topological polar surface area (TPSA) is 62.4 Å². The van der Waals surface area contributed by atoms with Crippen LogP contribution in [0.5, 0.6) is 5.75 Å². The Labute approximate surface area is 129 Å². The number of aromatic nitrogens is 1. The van der Waals surface area contributed by atoms with Crippen LogP contribution in [0.15, 0.2) is 41.2 Å². The van der Waals surface area contributed by atoms with Crippen LogP contribution in [-0.4, -0.2) is 29.9 Å². The number of pyridine rings is 1. The van der Waals surface area contributed by atoms with Gasteiger partial charge in [0, 0.05) is 24.9 Å². The zero-order valence-electron chi connectivity index (χ0n) is 13.2. The Hall–Kier alpha value is -2.56. The van der Waals surface area contributed by atoms with E-state index < -0.39 is 0 Å². The molecule has 2 aromatic rings. The Morgan fingerprint density at radius 1 is 1.27 bits per heavy atom. The van der Waals surface area contributed by atoms with Gasteiger partial charge in [-0.2, -0.15) is 0 Å². The number of aryl methyl sites for hydroxylation is 1. The first-order chi connectivity index (χ1) is 10.4. The average molecular weight is 300 g/mol. The van der Waals surface area contributed by atoms with Gasteiger partial charge >= 0.3 is 0 Å². The van der Waals surface area contributed by atoms with E-state index in [4.69, 9.17) is 4.74 Å². The smallest absolute Gasteiger partial charge is 0.270 e. The molecule has 0 saturated heterocycles. The summed E-state index contributed by atoms with van der Waals surface area (Å²) in [5, 5.41) is 0. The van der Waals surface area contributed by atoms with E-state index in [-0.39, 0.29) is 17.4 Å². The molecule has 0 fully saturated rings. The quantitative estimate of drug-likeness (QED) is 0.943. The third-order valence-electron chi connectivity index (χ3n) is 3.69. The van der Waals surface area contributed by atoms with E-state index in [2.05, 4.69) is 4.98 Å². The minimum Gasteiger partial charge on any atom is -0.497 e. The Kier molecular flexibility index (Phi) is 4.65. The molecule has 1 heterocycles. The SMILES string of the molecule is COc1cccc([C@H](C)N(C)C(=O)c2cc(=O)cc(C)[nH]2)c1. The molecule has 0 bridgehead atoms. The van der Waals surface area contributed by atoms with Gasteiger partial charge in [0.05, 0.1) is 13.2 Å². The second-order valence-electron chi connectivity index (χ2n) is 5.28. The molecule has 0 aliphatic carbocycles. The van der Waals surface area contributed by atoms with E-state index >= 15 is 0 Å². The van der Waals surface area contributed by atoms with Crippen LogP contribution in [0.1, 0.15) is 34.7 Å². The molecule has 22 heavy (non-hydrogen) atoms. The Morgan fingerprint density at radius 3 is 2.64 bits per heavy atom. The molecular formula is C17H20N2O3. The lowest BCUT2D eigenvalue weighted by atomic mass is 10.1. The average Bonchev–Trinajstić information content (AvgIpc) is 2.51. The molecule has 116 valence electrons. The molecule has 0 spiro atoms. The van der Waals surface area contributed by atoms with Crippen LogP contribution in [0, 0.1) is 6.92 Å². The van der Waals surface area contributed by atoms with Gasteiger partial charge in [-0.1, -0.05) is 12.1 Å². The fourth-order valence-corrected chi connectivity index (χ4v) is 2.29. The Morgan fingerprint density at radius 2 is 2.00 bits per heavy atom. The number of methoxy groups -OCH3 is 1. The summed E-state index contributed by atoms with van der Waals surface area (Å²) in [6, 6.07) is 10.2. The van der Waals surface area contributed by atoms with Crippen LogP contribution >= 0.6 is 0 Å². The largest absolute Gasteiger partial charge is 0.497 e. The summed E-state index contributed by atoms with van der Waals surface area (Å²) in [5.74, 6) is 0.519. The molecule has 1 N–H and O–H groups in total. The van der Waals surface area contributed by atoms with Crippen molar-refractivity contribution in [3.63, 3.8) is 0 Å². The second kappa shape index (κ2) is 6.47. The van der Waals surface area contributed by atoms with Gasteiger partial charge < -0.3 is 14.6 Å². The van der Waals surface area contributed by atoms with Crippen molar-refractivity contribution in [2.45, 2.75) is 19.9 Å². The second-order valence-corrected chi connectivity index (χ2v) is 5.28. The van der Waals surface area contributed by atoms with Crippen LogP contribution in [0.4, 0.5) is 0 Å². The number of ether oxygens (including phenoxy) is 1. The number of hydrogen-bond donors (Lipinski definition) is 1. The predicted octanol–water partition coefficient (Wildman–Crippen LogP) is 2.53. The van der Waals surface area contributed by atoms with Crippen molar-refractivity contribution in [3.8, 4) is 5.75 Å². The molecule has 0 aliphatic rings. The van der Waals surface area contributed by atoms with Gasteiger partial charge in [-0.3, -0.25) is 9.59 Å². The van der Waals surface area contributed by atoms with E-state index in [1.807, 2.05) is 31.2 Å². The van der Waals surface area contributed by atoms with Crippen molar-refractivity contribution in [1.82, 2.24) is 9.88 Å². The van der Waals surface area contributed by atoms with Gasteiger partial charge in [-0.05, 0) is 31.5 Å². The highest BCUT2D eigenvalue weighted by molar-refractivity contribution is 5.92. The molecule has 1 amide bonds. The standard InChI is InChI=1S/C17H20N2O3/c1-11-8-14(20)10-16(18-11)17(21)19(3)12(2)13-6-5-7-15(9-13)22-4/h5-10,12H,1-4H3,(H,18,20)/t12-/m0/s1. The number of amides is 1. The first-order valence-corrected chi connectivity index (χ1v) is 7.04. The maximum atomic E-state index is 12.5. The van der Waals surface area contributed by atoms with Crippen LogP contribution in [0.3, 0.4) is 0 Å². The Bertz CT molecular complexity index is 737. The molecule has 5 nitrogen and oxygen atoms in total. The molecule has 1 aromatic heterocycles. The lowest BCUT2D eigenvalue weighted by molar-refractivity contribution is 0.0736. The van der Waals surface area contributed by atoms with E-state index in [1.165, 1.54) is 12.1 Å². The molecule has 1 atom stereocenters. The monoisotopic (exact) mass is 300 g/mol. The van der Waals surface area contributed by atoms with Crippen molar-refractivity contribution in [2.75, 3.05) is 14.2 Å². The minimum absolute atomic E-state index is 0.147. The van der Waals surface area contributed by atoms with Crippen molar-refractivity contribution in [3.05, 3.63) is 63.6 Å². The normalized spacial score (nSPS) is 11.8. The number of carbonyl (C=O) groups is 1. The number of hydrogen-bond acceptors (Lipinski definition) is 3. The van der Waals surface area contributed by atoms with Crippen LogP contribution < -0.4 is 10.2 Å². The first-order valence-electron chi connectivity index (χ1n) is 7.04. The summed E-state index contributed by atoms with van der Waals surface area (Å²) in [7, 11) is 3.32. The predicted molar refractivity (Wildman–Crippen MR) is 85.3 cm³/mol. The zero-order chi connectivity index (χ0) is 16.3. The molecule has 0 radical (unpaired) electrons. The number of nitrogens with zero attached hydrogens (tertiary/aromatic N) is 1. The molecule has 0 unspecified atom stereocenters. The first kappa shape index (κ1) is 15.8. The fourth-order valence-electron chi connectivity index (χ4n) is 2.29. The van der Waals surface area contributed by atoms with Crippen molar-refractivity contribution < 1.29 is 9.53 Å². The highest BCUT2D eigenvalue weighted by Crippen LogP contribution is 2.23. The van der Waals surface area contributed by atoms with E-state index in [1.54, 1.807) is 26.0 Å². The van der Waals surface area contributed by atoms with Crippen molar-refractivity contribution in [2.24, 2.45) is 0 Å². The number of H-pyrrole nitrogens is 1. The van der Waals surface area contributed by atoms with Crippen molar-refractivity contribution in [1.29, 1.82) is 0 Å². The van der Waals surface area contributed by atoms with E-state index in [9.17, 15) is 9.59 Å². The summed E-state index contributed by atoms with van der Waals surface area (Å²) < 4.78 is 5.21. The Balaban J connectivity index is 2.27. The summed E-state index contributed by atoms with van der Waals surface area (Å²) in [6.45, 7) is 3.68. The van der Waals surface area contributed by atoms with Gasteiger partial charge in [-0.25, -0.2) is 0 Å². The maximum absolute atomic E-state index is 12.5. The van der Waals surface area contributed by atoms with Crippen LogP contribution in [0.25, 0.3) is 0 Å². The van der Waals surface area contributed by atoms with Crippen molar-refractivity contribution >= 4 is 5.91 Å². The number of nitrogens with one attached hydrogen (secondary N) is 1.